The molecule has 3 amide bonds. The van der Waals surface area contributed by atoms with E-state index in [0.29, 0.717) is 36.8 Å². The number of nitrogens with zero attached hydrogens (tertiary/aromatic N) is 3. The number of aromatic nitrogens is 1. The lowest BCUT2D eigenvalue weighted by atomic mass is 9.94. The third-order valence-corrected chi connectivity index (χ3v) is 8.64. The van der Waals surface area contributed by atoms with Crippen LogP contribution in [-0.4, -0.2) is 52.8 Å². The lowest BCUT2D eigenvalue weighted by Crippen LogP contribution is -2.43. The van der Waals surface area contributed by atoms with Crippen LogP contribution in [0, 0.1) is 0 Å². The van der Waals surface area contributed by atoms with Gasteiger partial charge < -0.3 is 29.3 Å². The van der Waals surface area contributed by atoms with Crippen LogP contribution >= 0.6 is 0 Å². The minimum Gasteiger partial charge on any atom is -0.497 e. The molecule has 1 heterocycles. The van der Waals surface area contributed by atoms with E-state index in [1.54, 1.807) is 49.7 Å². The topological polar surface area (TPSA) is 93.2 Å². The Hall–Kier alpha value is -5.05. The molecule has 1 fully saturated rings. The standard InChI is InChI=1S/C40H48N4O5/c1-40(2,3)49-39(46)44(34-11-7-6-8-12-34)28-30-15-19-33(20-16-30)32-17-13-29(14-18-32)26-43(27-31-10-9-23-41-25-31)38(45)42-36-24-35(47-4)21-22-37(36)48-5/h9-10,13-25,34H,6-8,11-12,26-28H2,1-5H3,(H,42,45). The van der Waals surface area contributed by atoms with Crippen molar-refractivity contribution in [3.05, 3.63) is 108 Å². The summed E-state index contributed by atoms with van der Waals surface area (Å²) in [5, 5.41) is 3.00. The highest BCUT2D eigenvalue weighted by Crippen LogP contribution is 2.30. The van der Waals surface area contributed by atoms with Crippen molar-refractivity contribution in [3.8, 4) is 22.6 Å². The van der Waals surface area contributed by atoms with Crippen molar-refractivity contribution in [1.29, 1.82) is 0 Å². The van der Waals surface area contributed by atoms with Gasteiger partial charge >= 0.3 is 12.1 Å². The van der Waals surface area contributed by atoms with Crippen molar-refractivity contribution < 1.29 is 23.8 Å². The van der Waals surface area contributed by atoms with Gasteiger partial charge in [0.15, 0.2) is 0 Å². The molecule has 1 aliphatic rings. The summed E-state index contributed by atoms with van der Waals surface area (Å²) in [5.41, 5.74) is 5.10. The quantitative estimate of drug-likeness (QED) is 0.172. The van der Waals surface area contributed by atoms with Gasteiger partial charge in [0.25, 0.3) is 0 Å². The van der Waals surface area contributed by atoms with Crippen LogP contribution in [0.25, 0.3) is 11.1 Å². The maximum absolute atomic E-state index is 13.7. The molecule has 9 nitrogen and oxygen atoms in total. The number of anilines is 1. The molecule has 0 spiro atoms. The van der Waals surface area contributed by atoms with Crippen LogP contribution in [0.15, 0.2) is 91.3 Å². The number of ether oxygens (including phenoxy) is 3. The first-order valence-electron chi connectivity index (χ1n) is 17.0. The predicted molar refractivity (Wildman–Crippen MR) is 193 cm³/mol. The van der Waals surface area contributed by atoms with Gasteiger partial charge in [0.1, 0.15) is 17.1 Å². The largest absolute Gasteiger partial charge is 0.497 e. The molecule has 1 aliphatic carbocycles. The number of carbonyl (C=O) groups excluding carboxylic acids is 2. The first kappa shape index (κ1) is 35.3. The summed E-state index contributed by atoms with van der Waals surface area (Å²) < 4.78 is 16.6. The van der Waals surface area contributed by atoms with Gasteiger partial charge in [0.05, 0.1) is 19.9 Å². The number of pyridine rings is 1. The molecule has 0 bridgehead atoms. The van der Waals surface area contributed by atoms with Crippen LogP contribution in [0.5, 0.6) is 11.5 Å². The summed E-state index contributed by atoms with van der Waals surface area (Å²) in [5.74, 6) is 1.15. The Balaban J connectivity index is 1.29. The van der Waals surface area contributed by atoms with Gasteiger partial charge in [-0.3, -0.25) is 4.98 Å². The highest BCUT2D eigenvalue weighted by Gasteiger charge is 2.29. The number of hydrogen-bond donors (Lipinski definition) is 1. The Morgan fingerprint density at radius 3 is 2.00 bits per heavy atom. The average molecular weight is 665 g/mol. The van der Waals surface area contributed by atoms with Gasteiger partial charge in [-0.05, 0) is 79.6 Å². The zero-order valence-electron chi connectivity index (χ0n) is 29.3. The monoisotopic (exact) mass is 664 g/mol. The van der Waals surface area contributed by atoms with Crippen LogP contribution in [0.3, 0.4) is 0 Å². The smallest absolute Gasteiger partial charge is 0.410 e. The van der Waals surface area contributed by atoms with E-state index in [4.69, 9.17) is 14.2 Å². The zero-order valence-corrected chi connectivity index (χ0v) is 29.3. The Labute approximate surface area is 290 Å². The molecule has 1 aromatic heterocycles. The van der Waals surface area contributed by atoms with Gasteiger partial charge in [0, 0.05) is 44.1 Å². The third kappa shape index (κ3) is 9.98. The molecule has 0 unspecified atom stereocenters. The van der Waals surface area contributed by atoms with Crippen LogP contribution in [0.1, 0.15) is 69.6 Å². The molecule has 4 aromatic rings. The van der Waals surface area contributed by atoms with Crippen molar-refractivity contribution in [2.45, 2.75) is 84.2 Å². The normalized spacial score (nSPS) is 13.3. The average Bonchev–Trinajstić information content (AvgIpc) is 3.11. The molecule has 0 aliphatic heterocycles. The van der Waals surface area contributed by atoms with Crippen LogP contribution in [0.4, 0.5) is 15.3 Å². The fourth-order valence-electron chi connectivity index (χ4n) is 6.10. The molecule has 0 saturated heterocycles. The summed E-state index contributed by atoms with van der Waals surface area (Å²) in [7, 11) is 3.15. The SMILES string of the molecule is COc1ccc(OC)c(NC(=O)N(Cc2ccc(-c3ccc(CN(C(=O)OC(C)(C)C)C4CCCCC4)cc3)cc2)Cc2cccnc2)c1. The number of carbonyl (C=O) groups is 2. The lowest BCUT2D eigenvalue weighted by molar-refractivity contribution is 0.00988. The first-order valence-corrected chi connectivity index (χ1v) is 17.0. The molecule has 1 saturated carbocycles. The van der Waals surface area contributed by atoms with Crippen molar-refractivity contribution in [2.75, 3.05) is 19.5 Å². The Bertz CT molecular complexity index is 1660. The number of hydrogen-bond acceptors (Lipinski definition) is 6. The van der Waals surface area contributed by atoms with E-state index in [1.807, 2.05) is 49.9 Å². The van der Waals surface area contributed by atoms with E-state index in [9.17, 15) is 9.59 Å². The summed E-state index contributed by atoms with van der Waals surface area (Å²) in [6.07, 6.45) is 8.77. The molecule has 258 valence electrons. The molecular formula is C40H48N4O5. The molecule has 3 aromatic carbocycles. The van der Waals surface area contributed by atoms with Crippen LogP contribution < -0.4 is 14.8 Å². The molecule has 9 heteroatoms. The molecule has 5 rings (SSSR count). The highest BCUT2D eigenvalue weighted by atomic mass is 16.6. The maximum atomic E-state index is 13.7. The number of nitrogens with one attached hydrogen (secondary N) is 1. The molecule has 49 heavy (non-hydrogen) atoms. The van der Waals surface area contributed by atoms with E-state index in [-0.39, 0.29) is 18.2 Å². The van der Waals surface area contributed by atoms with Gasteiger partial charge in [-0.1, -0.05) is 73.9 Å². The summed E-state index contributed by atoms with van der Waals surface area (Å²) in [6.45, 7) is 7.02. The predicted octanol–water partition coefficient (Wildman–Crippen LogP) is 9.07. The first-order chi connectivity index (χ1) is 23.6. The Morgan fingerprint density at radius 2 is 1.43 bits per heavy atom. The summed E-state index contributed by atoms with van der Waals surface area (Å²) in [6, 6.07) is 25.7. The van der Waals surface area contributed by atoms with Gasteiger partial charge in [-0.15, -0.1) is 0 Å². The fraction of sp³-hybridized carbons (Fsp3) is 0.375. The Morgan fingerprint density at radius 1 is 0.796 bits per heavy atom. The summed E-state index contributed by atoms with van der Waals surface area (Å²) >= 11 is 0. The number of urea groups is 1. The van der Waals surface area contributed by atoms with E-state index in [0.717, 1.165) is 53.5 Å². The van der Waals surface area contributed by atoms with Crippen molar-refractivity contribution in [1.82, 2.24) is 14.8 Å². The second kappa shape index (κ2) is 16.4. The minimum atomic E-state index is -0.539. The summed E-state index contributed by atoms with van der Waals surface area (Å²) in [4.78, 5) is 34.8. The molecule has 1 N–H and O–H groups in total. The van der Waals surface area contributed by atoms with Crippen LogP contribution in [0.2, 0.25) is 0 Å². The van der Waals surface area contributed by atoms with E-state index >= 15 is 0 Å². The second-order valence-corrected chi connectivity index (χ2v) is 13.5. The Kier molecular flexibility index (Phi) is 11.8. The number of rotatable bonds is 11. The zero-order chi connectivity index (χ0) is 34.8. The fourth-order valence-corrected chi connectivity index (χ4v) is 6.10. The minimum absolute atomic E-state index is 0.202. The molecular weight excluding hydrogens is 616 g/mol. The third-order valence-electron chi connectivity index (χ3n) is 8.64. The van der Waals surface area contributed by atoms with Gasteiger partial charge in [-0.25, -0.2) is 9.59 Å². The lowest BCUT2D eigenvalue weighted by Gasteiger charge is -2.35. The van der Waals surface area contributed by atoms with E-state index in [1.165, 1.54) is 6.42 Å². The van der Waals surface area contributed by atoms with Gasteiger partial charge in [0.2, 0.25) is 0 Å². The van der Waals surface area contributed by atoms with Crippen LogP contribution in [-0.2, 0) is 24.4 Å². The maximum Gasteiger partial charge on any atom is 0.410 e. The van der Waals surface area contributed by atoms with Gasteiger partial charge in [-0.2, -0.15) is 0 Å². The van der Waals surface area contributed by atoms with Crippen molar-refractivity contribution >= 4 is 17.8 Å². The van der Waals surface area contributed by atoms with E-state index < -0.39 is 5.60 Å². The molecule has 0 radical (unpaired) electrons. The highest BCUT2D eigenvalue weighted by molar-refractivity contribution is 5.91. The second-order valence-electron chi connectivity index (χ2n) is 13.5. The molecule has 0 atom stereocenters. The number of benzene rings is 3. The van der Waals surface area contributed by atoms with Crippen molar-refractivity contribution in [3.63, 3.8) is 0 Å². The van der Waals surface area contributed by atoms with E-state index in [2.05, 4.69) is 46.7 Å². The number of amides is 3. The van der Waals surface area contributed by atoms with Crippen molar-refractivity contribution in [2.24, 2.45) is 0 Å². The number of methoxy groups -OCH3 is 2.